The number of hydrogen-bond acceptors (Lipinski definition) is 4. The summed E-state index contributed by atoms with van der Waals surface area (Å²) in [5, 5.41) is 21.6. The first kappa shape index (κ1) is 16.6. The molecule has 4 nitrogen and oxygen atoms in total. The van der Waals surface area contributed by atoms with E-state index in [9.17, 15) is 0 Å². The molecule has 50 valence electrons. The number of nitrogens with zero attached hydrogens (tertiary/aromatic N) is 2. The Bertz CT molecular complexity index is 119. The third kappa shape index (κ3) is 6.26. The normalized spacial score (nSPS) is 11.4. The van der Waals surface area contributed by atoms with Gasteiger partial charge in [-0.2, -0.15) is 0 Å². The molecule has 0 aromatic rings. The van der Waals surface area contributed by atoms with Gasteiger partial charge in [0.05, 0.1) is 0 Å². The van der Waals surface area contributed by atoms with E-state index in [-0.39, 0.29) is 37.7 Å². The Labute approximate surface area is 83.7 Å². The second-order valence-corrected chi connectivity index (χ2v) is 1.37. The van der Waals surface area contributed by atoms with Crippen LogP contribution in [-0.4, -0.2) is 59.6 Å². The van der Waals surface area contributed by atoms with Crippen LogP contribution in [0.2, 0.25) is 0 Å². The molecule has 0 aliphatic heterocycles. The summed E-state index contributed by atoms with van der Waals surface area (Å²) in [7, 11) is 0. The molecule has 0 fully saturated rings. The molecule has 0 aromatic heterocycles. The molecule has 2 N–H and O–H groups in total. The molecular weight excluding hydrogens is 122 g/mol. The first-order valence-corrected chi connectivity index (χ1v) is 2.10. The molecule has 0 amide bonds. The van der Waals surface area contributed by atoms with Crippen LogP contribution in [0, 0.1) is 0 Å². The van der Waals surface area contributed by atoms with Gasteiger partial charge in [-0.15, -0.1) is 0 Å². The average molecular weight is 132 g/mol. The summed E-state index contributed by atoms with van der Waals surface area (Å²) in [5.74, 6) is 0. The predicted molar refractivity (Wildman–Crippen MR) is 44.1 cm³/mol. The zero-order chi connectivity index (χ0) is 6.57. The molecule has 0 heterocycles. The van der Waals surface area contributed by atoms with Crippen LogP contribution >= 0.6 is 0 Å². The van der Waals surface area contributed by atoms with E-state index >= 15 is 0 Å². The van der Waals surface area contributed by atoms with Crippen molar-refractivity contribution in [1.29, 1.82) is 0 Å². The van der Waals surface area contributed by atoms with Crippen molar-refractivity contribution in [2.75, 3.05) is 0 Å². The fourth-order valence-corrected chi connectivity index (χ4v) is 0.145. The minimum atomic E-state index is 0. The van der Waals surface area contributed by atoms with Gasteiger partial charge in [-0.25, -0.2) is 0 Å². The SMILES string of the molecule is CC(=N\O)/C(C)=N/O.[LiH].[LiH]. The van der Waals surface area contributed by atoms with E-state index in [4.69, 9.17) is 10.4 Å². The van der Waals surface area contributed by atoms with Crippen LogP contribution in [0.3, 0.4) is 0 Å². The van der Waals surface area contributed by atoms with Crippen molar-refractivity contribution in [3.63, 3.8) is 0 Å². The molecule has 6 heteroatoms. The average Bonchev–Trinajstić information content (AvgIpc) is 1.84. The van der Waals surface area contributed by atoms with E-state index in [0.717, 1.165) is 0 Å². The molecule has 0 saturated carbocycles. The molecule has 0 bridgehead atoms. The van der Waals surface area contributed by atoms with E-state index in [0.29, 0.717) is 11.4 Å². The quantitative estimate of drug-likeness (QED) is 0.216. The van der Waals surface area contributed by atoms with Crippen LogP contribution in [0.5, 0.6) is 0 Å². The van der Waals surface area contributed by atoms with Crippen LogP contribution < -0.4 is 0 Å². The summed E-state index contributed by atoms with van der Waals surface area (Å²) in [5.41, 5.74) is 0.625. The number of hydrogen-bond donors (Lipinski definition) is 2. The Kier molecular flexibility index (Phi) is 15.2. The Morgan fingerprint density at radius 2 is 1.10 bits per heavy atom. The Morgan fingerprint density at radius 3 is 1.20 bits per heavy atom. The minimum absolute atomic E-state index is 0. The van der Waals surface area contributed by atoms with E-state index in [1.807, 2.05) is 0 Å². The van der Waals surface area contributed by atoms with Gasteiger partial charge in [-0.05, 0) is 13.8 Å². The van der Waals surface area contributed by atoms with Crippen LogP contribution in [0.15, 0.2) is 10.3 Å². The van der Waals surface area contributed by atoms with Crippen molar-refractivity contribution in [1.82, 2.24) is 0 Å². The third-order valence-corrected chi connectivity index (χ3v) is 0.824. The van der Waals surface area contributed by atoms with E-state index in [1.54, 1.807) is 0 Å². The van der Waals surface area contributed by atoms with Gasteiger partial charge in [-0.1, -0.05) is 10.3 Å². The summed E-state index contributed by atoms with van der Waals surface area (Å²) in [6, 6.07) is 0. The maximum absolute atomic E-state index is 8.03. The molecule has 10 heavy (non-hydrogen) atoms. The van der Waals surface area contributed by atoms with Crippen LogP contribution in [0.1, 0.15) is 13.8 Å². The van der Waals surface area contributed by atoms with Crippen molar-refractivity contribution >= 4 is 49.1 Å². The van der Waals surface area contributed by atoms with Gasteiger partial charge in [-0.3, -0.25) is 0 Å². The Morgan fingerprint density at radius 1 is 0.900 bits per heavy atom. The molecule has 0 radical (unpaired) electrons. The number of rotatable bonds is 1. The van der Waals surface area contributed by atoms with Crippen molar-refractivity contribution in [3.8, 4) is 0 Å². The standard InChI is InChI=1S/C4H8N2O2.2Li.2H/c1-3(5-7)4(2)6-8;;;;/h7-8H,1-2H3;;;;/b5-3+,6-4+;;;;. The summed E-state index contributed by atoms with van der Waals surface area (Å²) in [6.45, 7) is 3.07. The number of oxime groups is 2. The topological polar surface area (TPSA) is 65.2 Å². The molecule has 0 atom stereocenters. The molecular formula is C4H10Li2N2O2. The zero-order valence-corrected chi connectivity index (χ0v) is 4.79. The molecule has 0 saturated heterocycles. The van der Waals surface area contributed by atoms with Crippen LogP contribution in [-0.2, 0) is 0 Å². The summed E-state index contributed by atoms with van der Waals surface area (Å²) in [6.07, 6.45) is 0. The zero-order valence-electron chi connectivity index (χ0n) is 4.79. The van der Waals surface area contributed by atoms with Gasteiger partial charge in [0.15, 0.2) is 0 Å². The molecule has 0 unspecified atom stereocenters. The van der Waals surface area contributed by atoms with Gasteiger partial charge in [0.25, 0.3) is 0 Å². The van der Waals surface area contributed by atoms with Gasteiger partial charge in [0.2, 0.25) is 0 Å². The van der Waals surface area contributed by atoms with E-state index in [1.165, 1.54) is 13.8 Å². The third-order valence-electron chi connectivity index (χ3n) is 0.824. The second-order valence-electron chi connectivity index (χ2n) is 1.37. The molecule has 0 aliphatic rings. The summed E-state index contributed by atoms with van der Waals surface area (Å²) >= 11 is 0. The van der Waals surface area contributed by atoms with Crippen molar-refractivity contribution in [2.24, 2.45) is 10.3 Å². The van der Waals surface area contributed by atoms with Gasteiger partial charge >= 0.3 is 37.7 Å². The molecule has 0 rings (SSSR count). The van der Waals surface area contributed by atoms with Crippen molar-refractivity contribution in [2.45, 2.75) is 13.8 Å². The van der Waals surface area contributed by atoms with Crippen molar-refractivity contribution < 1.29 is 10.4 Å². The van der Waals surface area contributed by atoms with Gasteiger partial charge < -0.3 is 10.4 Å². The van der Waals surface area contributed by atoms with E-state index < -0.39 is 0 Å². The first-order valence-electron chi connectivity index (χ1n) is 2.10. The maximum atomic E-state index is 8.03. The second kappa shape index (κ2) is 9.13. The van der Waals surface area contributed by atoms with Crippen LogP contribution in [0.25, 0.3) is 0 Å². The van der Waals surface area contributed by atoms with Gasteiger partial charge in [0, 0.05) is 0 Å². The Hall–Kier alpha value is 0.135. The molecule has 0 spiro atoms. The summed E-state index contributed by atoms with van der Waals surface area (Å²) in [4.78, 5) is 0. The monoisotopic (exact) mass is 132 g/mol. The Balaban J connectivity index is -0.000000245. The fraction of sp³-hybridized carbons (Fsp3) is 0.500. The molecule has 0 aromatic carbocycles. The van der Waals surface area contributed by atoms with Crippen LogP contribution in [0.4, 0.5) is 0 Å². The fourth-order valence-electron chi connectivity index (χ4n) is 0.145. The predicted octanol–water partition coefficient (Wildman–Crippen LogP) is -0.610. The first-order chi connectivity index (χ1) is 3.72. The van der Waals surface area contributed by atoms with E-state index in [2.05, 4.69) is 10.3 Å². The molecule has 0 aliphatic carbocycles. The van der Waals surface area contributed by atoms with Gasteiger partial charge in [0.1, 0.15) is 11.4 Å². The summed E-state index contributed by atoms with van der Waals surface area (Å²) < 4.78 is 0. The van der Waals surface area contributed by atoms with Crippen molar-refractivity contribution in [3.05, 3.63) is 0 Å².